The van der Waals surface area contributed by atoms with Gasteiger partial charge in [-0.1, -0.05) is 11.6 Å². The van der Waals surface area contributed by atoms with Gasteiger partial charge < -0.3 is 15.6 Å². The Morgan fingerprint density at radius 3 is 2.87 bits per heavy atom. The predicted molar refractivity (Wildman–Crippen MR) is 115 cm³/mol. The molecule has 1 spiro atoms. The fourth-order valence-corrected chi connectivity index (χ4v) is 5.44. The van der Waals surface area contributed by atoms with Crippen molar-refractivity contribution in [1.82, 2.24) is 29.7 Å². The normalized spacial score (nSPS) is 19.5. The zero-order valence-corrected chi connectivity index (χ0v) is 18.2. The molecule has 0 bridgehead atoms. The number of hydrogen-bond donors (Lipinski definition) is 3. The number of aromatic amines is 1. The van der Waals surface area contributed by atoms with E-state index >= 15 is 0 Å². The third-order valence-electron chi connectivity index (χ3n) is 5.72. The first-order chi connectivity index (χ1) is 14.9. The first-order valence-electron chi connectivity index (χ1n) is 9.25. The molecule has 0 saturated carbocycles. The van der Waals surface area contributed by atoms with Crippen LogP contribution in [-0.4, -0.2) is 41.5 Å². The van der Waals surface area contributed by atoms with Crippen molar-refractivity contribution in [3.05, 3.63) is 51.1 Å². The fraction of sp³-hybridized carbons (Fsp3) is 0.158. The van der Waals surface area contributed by atoms with E-state index in [1.807, 2.05) is 0 Å². The number of benzene rings is 1. The summed E-state index contributed by atoms with van der Waals surface area (Å²) in [6.07, 6.45) is 2.81. The lowest BCUT2D eigenvalue weighted by molar-refractivity contribution is -0.125. The average molecular weight is 500 g/mol. The number of aryl methyl sites for hydroxylation is 1. The molecule has 1 unspecified atom stereocenters. The SMILES string of the molecule is Cc1nn(-c2ncnc3nc[nH]c23)c2c1C1(CC(=O)N2)C(=O)Nc2c(Br)cc(Cl)cc21. The summed E-state index contributed by atoms with van der Waals surface area (Å²) in [6, 6.07) is 3.42. The van der Waals surface area contributed by atoms with E-state index < -0.39 is 5.41 Å². The summed E-state index contributed by atoms with van der Waals surface area (Å²) in [5, 5.41) is 10.9. The smallest absolute Gasteiger partial charge is 0.240 e. The summed E-state index contributed by atoms with van der Waals surface area (Å²) in [4.78, 5) is 41.9. The van der Waals surface area contributed by atoms with Crippen LogP contribution in [0.25, 0.3) is 17.0 Å². The molecule has 1 atom stereocenters. The van der Waals surface area contributed by atoms with Gasteiger partial charge in [-0.05, 0) is 40.5 Å². The highest BCUT2D eigenvalue weighted by molar-refractivity contribution is 9.10. The molecule has 10 nitrogen and oxygen atoms in total. The number of halogens is 2. The van der Waals surface area contributed by atoms with Crippen molar-refractivity contribution in [1.29, 1.82) is 0 Å². The molecule has 2 aliphatic heterocycles. The van der Waals surface area contributed by atoms with Crippen LogP contribution in [0.15, 0.2) is 29.3 Å². The lowest BCUT2D eigenvalue weighted by Crippen LogP contribution is -2.43. The molecule has 6 rings (SSSR count). The molecular formula is C19H12BrClN8O2. The standard InChI is InChI=1S/C19H12BrClN8O2/c1-7-12-16(29(28-7)17-14-15(23-5-22-14)24-6-25-17)26-11(30)4-19(12)9-2-8(21)3-10(20)13(9)27-18(19)31/h2-3,5-6H,4H2,1H3,(H,26,30)(H,27,31)(H,22,23,24,25). The second-order valence-electron chi connectivity index (χ2n) is 7.41. The van der Waals surface area contributed by atoms with Crippen LogP contribution in [0.2, 0.25) is 5.02 Å². The Bertz CT molecular complexity index is 1460. The number of aromatic nitrogens is 6. The topological polar surface area (TPSA) is 130 Å². The van der Waals surface area contributed by atoms with Gasteiger partial charge in [0.15, 0.2) is 11.5 Å². The molecule has 1 aromatic carbocycles. The molecule has 0 fully saturated rings. The molecule has 5 heterocycles. The first kappa shape index (κ1) is 18.5. The molecule has 31 heavy (non-hydrogen) atoms. The quantitative estimate of drug-likeness (QED) is 0.369. The highest BCUT2D eigenvalue weighted by Crippen LogP contribution is 2.53. The van der Waals surface area contributed by atoms with Crippen LogP contribution in [-0.2, 0) is 15.0 Å². The first-order valence-corrected chi connectivity index (χ1v) is 10.4. The summed E-state index contributed by atoms with van der Waals surface area (Å²) < 4.78 is 2.16. The Hall–Kier alpha value is -3.31. The van der Waals surface area contributed by atoms with Gasteiger partial charge in [-0.2, -0.15) is 9.78 Å². The Balaban J connectivity index is 1.68. The van der Waals surface area contributed by atoms with Crippen molar-refractivity contribution in [3.63, 3.8) is 0 Å². The van der Waals surface area contributed by atoms with Crippen molar-refractivity contribution >= 4 is 62.0 Å². The summed E-state index contributed by atoms with van der Waals surface area (Å²) in [6.45, 7) is 1.80. The van der Waals surface area contributed by atoms with Gasteiger partial charge in [0.05, 0.1) is 17.7 Å². The van der Waals surface area contributed by atoms with Gasteiger partial charge in [0, 0.05) is 21.5 Å². The van der Waals surface area contributed by atoms with E-state index in [4.69, 9.17) is 11.6 Å². The lowest BCUT2D eigenvalue weighted by atomic mass is 9.71. The number of rotatable bonds is 1. The van der Waals surface area contributed by atoms with E-state index in [1.54, 1.807) is 19.1 Å². The highest BCUT2D eigenvalue weighted by Gasteiger charge is 2.56. The minimum absolute atomic E-state index is 0.0681. The number of imidazole rings is 1. The van der Waals surface area contributed by atoms with Gasteiger partial charge in [0.25, 0.3) is 0 Å². The van der Waals surface area contributed by atoms with Crippen LogP contribution < -0.4 is 10.6 Å². The maximum atomic E-state index is 13.4. The number of fused-ring (bicyclic) bond motifs is 5. The summed E-state index contributed by atoms with van der Waals surface area (Å²) >= 11 is 9.78. The molecule has 3 N–H and O–H groups in total. The van der Waals surface area contributed by atoms with Crippen LogP contribution >= 0.6 is 27.5 Å². The van der Waals surface area contributed by atoms with Crippen LogP contribution in [0.5, 0.6) is 0 Å². The number of carbonyl (C=O) groups is 2. The largest absolute Gasteiger partial charge is 0.340 e. The number of nitrogens with one attached hydrogen (secondary N) is 3. The zero-order valence-electron chi connectivity index (χ0n) is 15.8. The van der Waals surface area contributed by atoms with E-state index in [1.165, 1.54) is 17.3 Å². The van der Waals surface area contributed by atoms with Crippen molar-refractivity contribution in [3.8, 4) is 5.82 Å². The van der Waals surface area contributed by atoms with E-state index in [0.29, 0.717) is 54.8 Å². The predicted octanol–water partition coefficient (Wildman–Crippen LogP) is 2.84. The Morgan fingerprint density at radius 1 is 1.19 bits per heavy atom. The fourth-order valence-electron chi connectivity index (χ4n) is 4.53. The molecule has 12 heteroatoms. The molecule has 0 aliphatic carbocycles. The second kappa shape index (κ2) is 6.11. The van der Waals surface area contributed by atoms with Crippen LogP contribution in [0, 0.1) is 6.92 Å². The van der Waals surface area contributed by atoms with E-state index in [-0.39, 0.29) is 18.2 Å². The van der Waals surface area contributed by atoms with Gasteiger partial charge in [0.2, 0.25) is 11.8 Å². The van der Waals surface area contributed by atoms with Crippen molar-refractivity contribution < 1.29 is 9.59 Å². The van der Waals surface area contributed by atoms with Gasteiger partial charge in [-0.3, -0.25) is 9.59 Å². The molecule has 2 aliphatic rings. The van der Waals surface area contributed by atoms with E-state index in [2.05, 4.69) is 51.6 Å². The molecule has 0 saturated heterocycles. The lowest BCUT2D eigenvalue weighted by Gasteiger charge is -2.32. The molecule has 4 aromatic rings. The number of H-pyrrole nitrogens is 1. The summed E-state index contributed by atoms with van der Waals surface area (Å²) in [5.41, 5.74) is 2.17. The van der Waals surface area contributed by atoms with Crippen molar-refractivity contribution in [2.75, 3.05) is 10.6 Å². The summed E-state index contributed by atoms with van der Waals surface area (Å²) in [7, 11) is 0. The van der Waals surface area contributed by atoms with E-state index in [9.17, 15) is 9.59 Å². The number of amides is 2. The highest BCUT2D eigenvalue weighted by atomic mass is 79.9. The van der Waals surface area contributed by atoms with E-state index in [0.717, 1.165) is 0 Å². The Kier molecular flexibility index (Phi) is 3.64. The van der Waals surface area contributed by atoms with Gasteiger partial charge >= 0.3 is 0 Å². The van der Waals surface area contributed by atoms with Gasteiger partial charge in [-0.15, -0.1) is 0 Å². The Labute approximate surface area is 187 Å². The molecule has 0 radical (unpaired) electrons. The molecule has 2 amide bonds. The maximum Gasteiger partial charge on any atom is 0.240 e. The minimum atomic E-state index is -1.26. The molecule has 154 valence electrons. The van der Waals surface area contributed by atoms with Crippen molar-refractivity contribution in [2.24, 2.45) is 0 Å². The minimum Gasteiger partial charge on any atom is -0.340 e. The van der Waals surface area contributed by atoms with Crippen LogP contribution in [0.4, 0.5) is 11.5 Å². The number of hydrogen-bond acceptors (Lipinski definition) is 6. The number of anilines is 2. The maximum absolute atomic E-state index is 13.4. The number of nitrogens with zero attached hydrogens (tertiary/aromatic N) is 5. The molecular weight excluding hydrogens is 488 g/mol. The third kappa shape index (κ3) is 2.32. The van der Waals surface area contributed by atoms with Gasteiger partial charge in [-0.25, -0.2) is 15.0 Å². The monoisotopic (exact) mass is 498 g/mol. The molecule has 3 aromatic heterocycles. The average Bonchev–Trinajstić information content (AvgIpc) is 3.39. The third-order valence-corrected chi connectivity index (χ3v) is 6.56. The second-order valence-corrected chi connectivity index (χ2v) is 8.70. The summed E-state index contributed by atoms with van der Waals surface area (Å²) in [5.74, 6) is 0.166. The number of carbonyl (C=O) groups excluding carboxylic acids is 2. The zero-order chi connectivity index (χ0) is 21.5. The Morgan fingerprint density at radius 2 is 2.03 bits per heavy atom. The van der Waals surface area contributed by atoms with Crippen LogP contribution in [0.3, 0.4) is 0 Å². The van der Waals surface area contributed by atoms with Gasteiger partial charge in [0.1, 0.15) is 23.1 Å². The van der Waals surface area contributed by atoms with Crippen LogP contribution in [0.1, 0.15) is 23.2 Å². The van der Waals surface area contributed by atoms with Crippen molar-refractivity contribution in [2.45, 2.75) is 18.8 Å².